The van der Waals surface area contributed by atoms with Gasteiger partial charge in [-0.2, -0.15) is 0 Å². The molecule has 0 spiro atoms. The third kappa shape index (κ3) is 6.60. The van der Waals surface area contributed by atoms with Gasteiger partial charge in [-0.15, -0.1) is 0 Å². The van der Waals surface area contributed by atoms with E-state index in [0.29, 0.717) is 10.8 Å². The maximum atomic E-state index is 7.10. The topological polar surface area (TPSA) is 50.7 Å². The summed E-state index contributed by atoms with van der Waals surface area (Å²) in [5.74, 6) is 4.98. The molecule has 8 atom stereocenters. The van der Waals surface area contributed by atoms with Crippen molar-refractivity contribution in [3.63, 3.8) is 0 Å². The van der Waals surface area contributed by atoms with Gasteiger partial charge in [-0.1, -0.05) is 54.4 Å². The molecule has 0 amide bonds. The lowest BCUT2D eigenvalue weighted by Crippen LogP contribution is -2.59. The monoisotopic (exact) mass is 490 g/mol. The van der Waals surface area contributed by atoms with Gasteiger partial charge in [-0.3, -0.25) is 4.99 Å². The second-order valence-corrected chi connectivity index (χ2v) is 13.0. The summed E-state index contributed by atoms with van der Waals surface area (Å²) in [6, 6.07) is 0. The Kier molecular flexibility index (Phi) is 12.7. The Morgan fingerprint density at radius 2 is 1.51 bits per heavy atom. The minimum atomic E-state index is 0. The van der Waals surface area contributed by atoms with E-state index in [2.05, 4.69) is 44.4 Å². The second-order valence-electron chi connectivity index (χ2n) is 13.0. The molecule has 3 heteroatoms. The average molecular weight is 490 g/mol. The molecule has 0 aromatic rings. The fourth-order valence-corrected chi connectivity index (χ4v) is 9.04. The number of nitrogens with two attached hydrogens (primary N) is 1. The first-order valence-electron chi connectivity index (χ1n) is 14.6. The fraction of sp³-hybridized carbons (Fsp3) is 0.938. The minimum Gasteiger partial charge on any atom is -0.325 e. The summed E-state index contributed by atoms with van der Waals surface area (Å²) >= 11 is 0. The highest BCUT2D eigenvalue weighted by Gasteiger charge is 2.63. The van der Waals surface area contributed by atoms with Crippen molar-refractivity contribution in [2.45, 2.75) is 138 Å². The van der Waals surface area contributed by atoms with E-state index in [0.717, 1.165) is 35.3 Å². The SMILES string of the molecule is C.C=NC.CCCC1CCC2(C)C(CCC3C2CCC2(C)C3CC[C@]2(N)CCC)C1.CN=C(C)C. The van der Waals surface area contributed by atoms with Crippen molar-refractivity contribution in [3.8, 4) is 0 Å². The molecule has 0 bridgehead atoms. The van der Waals surface area contributed by atoms with Gasteiger partial charge < -0.3 is 10.7 Å². The highest BCUT2D eigenvalue weighted by molar-refractivity contribution is 5.78. The Bertz CT molecular complexity index is 668. The first-order valence-corrected chi connectivity index (χ1v) is 14.6. The van der Waals surface area contributed by atoms with E-state index in [-0.39, 0.29) is 13.0 Å². The summed E-state index contributed by atoms with van der Waals surface area (Å²) in [6.45, 7) is 17.1. The van der Waals surface area contributed by atoms with Gasteiger partial charge in [0.15, 0.2) is 0 Å². The lowest BCUT2D eigenvalue weighted by atomic mass is 9.43. The molecule has 7 unspecified atom stereocenters. The zero-order valence-corrected chi connectivity index (χ0v) is 24.3. The van der Waals surface area contributed by atoms with Crippen LogP contribution in [0.1, 0.15) is 132 Å². The van der Waals surface area contributed by atoms with Gasteiger partial charge in [0.25, 0.3) is 0 Å². The third-order valence-electron chi connectivity index (χ3n) is 11.0. The summed E-state index contributed by atoms with van der Waals surface area (Å²) < 4.78 is 0. The summed E-state index contributed by atoms with van der Waals surface area (Å²) in [5.41, 5.74) is 9.43. The van der Waals surface area contributed by atoms with Crippen LogP contribution in [0, 0.1) is 40.4 Å². The molecule has 0 saturated heterocycles. The average Bonchev–Trinajstić information content (AvgIpc) is 3.06. The quantitative estimate of drug-likeness (QED) is 0.393. The van der Waals surface area contributed by atoms with Gasteiger partial charge in [-0.05, 0) is 125 Å². The van der Waals surface area contributed by atoms with Crippen molar-refractivity contribution >= 4 is 12.4 Å². The van der Waals surface area contributed by atoms with Crippen LogP contribution in [0.2, 0.25) is 0 Å². The largest absolute Gasteiger partial charge is 0.325 e. The van der Waals surface area contributed by atoms with E-state index in [1.165, 1.54) is 77.0 Å². The Morgan fingerprint density at radius 3 is 2.06 bits per heavy atom. The van der Waals surface area contributed by atoms with Gasteiger partial charge in [-0.25, -0.2) is 0 Å². The van der Waals surface area contributed by atoms with E-state index in [1.807, 2.05) is 13.8 Å². The molecule has 0 aromatic carbocycles. The van der Waals surface area contributed by atoms with E-state index in [4.69, 9.17) is 5.73 Å². The van der Waals surface area contributed by atoms with E-state index < -0.39 is 0 Å². The number of hydrogen-bond donors (Lipinski definition) is 1. The van der Waals surface area contributed by atoms with Crippen LogP contribution in [0.4, 0.5) is 0 Å². The highest BCUT2D eigenvalue weighted by Crippen LogP contribution is 2.68. The fourth-order valence-electron chi connectivity index (χ4n) is 9.04. The Labute approximate surface area is 220 Å². The van der Waals surface area contributed by atoms with E-state index in [9.17, 15) is 0 Å². The molecule has 0 radical (unpaired) electrons. The van der Waals surface area contributed by atoms with Crippen LogP contribution in [0.15, 0.2) is 9.98 Å². The van der Waals surface area contributed by atoms with Crippen LogP contribution in [0.5, 0.6) is 0 Å². The highest BCUT2D eigenvalue weighted by atomic mass is 14.8. The third-order valence-corrected chi connectivity index (χ3v) is 11.0. The normalized spacial score (nSPS) is 41.2. The van der Waals surface area contributed by atoms with E-state index >= 15 is 0 Å². The van der Waals surface area contributed by atoms with Crippen LogP contribution in [0.3, 0.4) is 0 Å². The zero-order chi connectivity index (χ0) is 25.6. The molecule has 4 aliphatic carbocycles. The minimum absolute atomic E-state index is 0. The molecular weight excluding hydrogens is 426 g/mol. The zero-order valence-electron chi connectivity index (χ0n) is 24.3. The predicted octanol–water partition coefficient (Wildman–Crippen LogP) is 8.99. The summed E-state index contributed by atoms with van der Waals surface area (Å²) in [4.78, 5) is 7.06. The van der Waals surface area contributed by atoms with Crippen LogP contribution >= 0.6 is 0 Å². The Balaban J connectivity index is 0.000000598. The molecule has 3 nitrogen and oxygen atoms in total. The number of hydrogen-bond acceptors (Lipinski definition) is 3. The van der Waals surface area contributed by atoms with Crippen LogP contribution in [0.25, 0.3) is 0 Å². The second kappa shape index (κ2) is 13.7. The molecule has 206 valence electrons. The maximum Gasteiger partial charge on any atom is 0.0276 e. The molecule has 2 N–H and O–H groups in total. The van der Waals surface area contributed by atoms with Gasteiger partial charge in [0.1, 0.15) is 0 Å². The molecule has 4 fully saturated rings. The summed E-state index contributed by atoms with van der Waals surface area (Å²) in [6.07, 6.45) is 18.6. The summed E-state index contributed by atoms with van der Waals surface area (Å²) in [7, 11) is 3.43. The Hall–Kier alpha value is -0.700. The van der Waals surface area contributed by atoms with Gasteiger partial charge in [0.2, 0.25) is 0 Å². The molecule has 0 aliphatic heterocycles. The van der Waals surface area contributed by atoms with Gasteiger partial charge >= 0.3 is 0 Å². The van der Waals surface area contributed by atoms with Crippen molar-refractivity contribution in [2.24, 2.45) is 56.1 Å². The molecule has 0 aromatic heterocycles. The first-order chi connectivity index (χ1) is 16.1. The van der Waals surface area contributed by atoms with Crippen LogP contribution in [-0.2, 0) is 0 Å². The summed E-state index contributed by atoms with van der Waals surface area (Å²) in [5, 5.41) is 0. The van der Waals surface area contributed by atoms with Crippen molar-refractivity contribution in [1.82, 2.24) is 0 Å². The molecule has 35 heavy (non-hydrogen) atoms. The Morgan fingerprint density at radius 1 is 0.914 bits per heavy atom. The first kappa shape index (κ1) is 32.3. The number of rotatable bonds is 4. The van der Waals surface area contributed by atoms with Crippen LogP contribution in [-0.4, -0.2) is 32.1 Å². The van der Waals surface area contributed by atoms with Crippen molar-refractivity contribution in [1.29, 1.82) is 0 Å². The maximum absolute atomic E-state index is 7.10. The van der Waals surface area contributed by atoms with Crippen molar-refractivity contribution < 1.29 is 0 Å². The van der Waals surface area contributed by atoms with Crippen molar-refractivity contribution in [2.75, 3.05) is 14.1 Å². The van der Waals surface area contributed by atoms with Gasteiger partial charge in [0, 0.05) is 25.3 Å². The predicted molar refractivity (Wildman–Crippen MR) is 159 cm³/mol. The molecular formula is C32H63N3. The molecule has 4 saturated carbocycles. The van der Waals surface area contributed by atoms with Crippen LogP contribution < -0.4 is 5.73 Å². The number of aliphatic imine (C=N–C) groups is 2. The number of nitrogens with zero attached hydrogens (tertiary/aromatic N) is 2. The number of fused-ring (bicyclic) bond motifs is 5. The molecule has 0 heterocycles. The lowest BCUT2D eigenvalue weighted by Gasteiger charge is -2.62. The lowest BCUT2D eigenvalue weighted by molar-refractivity contribution is -0.121. The van der Waals surface area contributed by atoms with E-state index in [1.54, 1.807) is 20.5 Å². The smallest absolute Gasteiger partial charge is 0.0276 e. The molecule has 4 rings (SSSR count). The van der Waals surface area contributed by atoms with Crippen molar-refractivity contribution in [3.05, 3.63) is 0 Å². The van der Waals surface area contributed by atoms with Gasteiger partial charge in [0.05, 0.1) is 0 Å². The molecule has 4 aliphatic rings. The standard InChI is InChI=1S/C25H45N.C4H9N.C2H5N.CH4/c1-5-7-18-10-14-23(3)19(17-18)8-9-20-21(23)11-15-24(4)22(20)12-16-25(24,26)13-6-2;1-4(2)5-3;1-3-2;/h18-22H,5-17,26H2,1-4H3;1-3H3;1H2,2H3;1H4/t18?,19?,20?,21?,22?,23?,24?,25-;;;/m1.../s1.